The maximum Gasteiger partial charge on any atom is 0.282 e. The van der Waals surface area contributed by atoms with Crippen molar-refractivity contribution in [2.45, 2.75) is 51.4 Å². The number of nitrogens with zero attached hydrogens (tertiary/aromatic N) is 2. The van der Waals surface area contributed by atoms with Crippen molar-refractivity contribution in [1.82, 2.24) is 13.9 Å². The van der Waals surface area contributed by atoms with Crippen molar-refractivity contribution in [3.63, 3.8) is 0 Å². The van der Waals surface area contributed by atoms with Crippen molar-refractivity contribution in [2.24, 2.45) is 5.41 Å². The average molecular weight is 315 g/mol. The summed E-state index contributed by atoms with van der Waals surface area (Å²) in [5.41, 5.74) is 0.463. The molecular formula is C15H29N3O2S. The lowest BCUT2D eigenvalue weighted by Gasteiger charge is -2.44. The maximum atomic E-state index is 12.8. The molecule has 3 rings (SSSR count). The van der Waals surface area contributed by atoms with E-state index in [9.17, 15) is 8.42 Å². The van der Waals surface area contributed by atoms with Gasteiger partial charge >= 0.3 is 0 Å². The van der Waals surface area contributed by atoms with Gasteiger partial charge in [-0.15, -0.1) is 0 Å². The van der Waals surface area contributed by atoms with Crippen LogP contribution in [-0.4, -0.2) is 56.3 Å². The van der Waals surface area contributed by atoms with E-state index in [1.807, 2.05) is 0 Å². The van der Waals surface area contributed by atoms with Gasteiger partial charge in [0.15, 0.2) is 0 Å². The minimum atomic E-state index is -3.24. The monoisotopic (exact) mass is 315 g/mol. The van der Waals surface area contributed by atoms with Crippen LogP contribution in [-0.2, 0) is 10.2 Å². The highest BCUT2D eigenvalue weighted by molar-refractivity contribution is 7.86. The molecule has 2 aliphatic heterocycles. The fraction of sp³-hybridized carbons (Fsp3) is 1.00. The fourth-order valence-electron chi connectivity index (χ4n) is 4.21. The first kappa shape index (κ1) is 15.7. The predicted octanol–water partition coefficient (Wildman–Crippen LogP) is 1.57. The zero-order chi connectivity index (χ0) is 14.8. The van der Waals surface area contributed by atoms with E-state index in [2.05, 4.69) is 5.32 Å². The van der Waals surface area contributed by atoms with Gasteiger partial charge in [0.1, 0.15) is 0 Å². The van der Waals surface area contributed by atoms with Gasteiger partial charge in [0.25, 0.3) is 10.2 Å². The van der Waals surface area contributed by atoms with Crippen LogP contribution in [0.3, 0.4) is 0 Å². The van der Waals surface area contributed by atoms with Gasteiger partial charge in [-0.2, -0.15) is 17.0 Å². The number of rotatable bonds is 2. The first-order valence-electron chi connectivity index (χ1n) is 8.58. The lowest BCUT2D eigenvalue weighted by atomic mass is 9.68. The van der Waals surface area contributed by atoms with E-state index in [-0.39, 0.29) is 0 Å². The topological polar surface area (TPSA) is 52.7 Å². The molecule has 2 saturated heterocycles. The van der Waals surface area contributed by atoms with Crippen LogP contribution in [0.1, 0.15) is 51.4 Å². The van der Waals surface area contributed by atoms with E-state index >= 15 is 0 Å². The standard InChI is InChI=1S/C15H29N3O2S/c19-21(20,17-11-4-9-16-10-14-17)18-12-7-15(8-13-18)5-2-1-3-6-15/h16H,1-14H2. The van der Waals surface area contributed by atoms with Gasteiger partial charge < -0.3 is 5.32 Å². The van der Waals surface area contributed by atoms with Crippen molar-refractivity contribution in [3.8, 4) is 0 Å². The minimum Gasteiger partial charge on any atom is -0.315 e. The first-order valence-corrected chi connectivity index (χ1v) is 9.98. The Morgan fingerprint density at radius 3 is 2.10 bits per heavy atom. The van der Waals surface area contributed by atoms with Crippen molar-refractivity contribution >= 4 is 10.2 Å². The van der Waals surface area contributed by atoms with Crippen molar-refractivity contribution in [3.05, 3.63) is 0 Å². The van der Waals surface area contributed by atoms with Gasteiger partial charge in [0, 0.05) is 32.7 Å². The number of piperidine rings is 1. The van der Waals surface area contributed by atoms with E-state index < -0.39 is 10.2 Å². The van der Waals surface area contributed by atoms with Gasteiger partial charge in [-0.3, -0.25) is 0 Å². The Morgan fingerprint density at radius 1 is 0.714 bits per heavy atom. The summed E-state index contributed by atoms with van der Waals surface area (Å²) in [5.74, 6) is 0. The Kier molecular flexibility index (Phi) is 4.88. The third-order valence-electron chi connectivity index (χ3n) is 5.65. The van der Waals surface area contributed by atoms with Gasteiger partial charge in [-0.25, -0.2) is 0 Å². The largest absolute Gasteiger partial charge is 0.315 e. The molecule has 0 bridgehead atoms. The highest BCUT2D eigenvalue weighted by Crippen LogP contribution is 2.44. The van der Waals surface area contributed by atoms with Crippen LogP contribution in [0.2, 0.25) is 0 Å². The quantitative estimate of drug-likeness (QED) is 0.841. The van der Waals surface area contributed by atoms with Crippen LogP contribution in [0, 0.1) is 5.41 Å². The molecule has 0 aromatic carbocycles. The molecule has 5 nitrogen and oxygen atoms in total. The molecule has 1 saturated carbocycles. The minimum absolute atomic E-state index is 0.463. The lowest BCUT2D eigenvalue weighted by Crippen LogP contribution is -2.50. The van der Waals surface area contributed by atoms with Gasteiger partial charge in [0.2, 0.25) is 0 Å². The molecular weight excluding hydrogens is 286 g/mol. The second kappa shape index (κ2) is 6.52. The zero-order valence-corrected chi connectivity index (χ0v) is 13.8. The van der Waals surface area contributed by atoms with Crippen molar-refractivity contribution in [1.29, 1.82) is 0 Å². The normalized spacial score (nSPS) is 29.3. The molecule has 0 unspecified atom stereocenters. The van der Waals surface area contributed by atoms with Crippen LogP contribution in [0.4, 0.5) is 0 Å². The Bertz CT molecular complexity index is 428. The summed E-state index contributed by atoms with van der Waals surface area (Å²) in [6, 6.07) is 0. The van der Waals surface area contributed by atoms with Gasteiger partial charge in [0.05, 0.1) is 0 Å². The maximum absolute atomic E-state index is 12.8. The fourth-order valence-corrected chi connectivity index (χ4v) is 5.86. The lowest BCUT2D eigenvalue weighted by molar-refractivity contribution is 0.0995. The smallest absolute Gasteiger partial charge is 0.282 e. The highest BCUT2D eigenvalue weighted by Gasteiger charge is 2.40. The number of hydrogen-bond donors (Lipinski definition) is 1. The average Bonchev–Trinajstić information content (AvgIpc) is 2.78. The molecule has 0 atom stereocenters. The summed E-state index contributed by atoms with van der Waals surface area (Å²) in [6.45, 7) is 4.44. The van der Waals surface area contributed by atoms with E-state index in [0.717, 1.165) is 45.4 Å². The zero-order valence-electron chi connectivity index (χ0n) is 13.0. The molecule has 1 aliphatic carbocycles. The molecule has 122 valence electrons. The Hall–Kier alpha value is -0.170. The third kappa shape index (κ3) is 3.44. The highest BCUT2D eigenvalue weighted by atomic mass is 32.2. The molecule has 3 aliphatic rings. The summed E-state index contributed by atoms with van der Waals surface area (Å²) in [4.78, 5) is 0. The van der Waals surface area contributed by atoms with Crippen molar-refractivity contribution in [2.75, 3.05) is 39.3 Å². The SMILES string of the molecule is O=S(=O)(N1CCCNCC1)N1CCC2(CCCCC2)CC1. The van der Waals surface area contributed by atoms with Crippen LogP contribution in [0.15, 0.2) is 0 Å². The summed E-state index contributed by atoms with van der Waals surface area (Å²) < 4.78 is 29.0. The first-order chi connectivity index (χ1) is 10.1. The molecule has 1 N–H and O–H groups in total. The molecule has 0 radical (unpaired) electrons. The number of nitrogens with one attached hydrogen (secondary N) is 1. The molecule has 6 heteroatoms. The third-order valence-corrected chi connectivity index (χ3v) is 7.68. The summed E-state index contributed by atoms with van der Waals surface area (Å²) in [5, 5.41) is 3.27. The van der Waals surface area contributed by atoms with E-state index in [0.29, 0.717) is 18.5 Å². The van der Waals surface area contributed by atoms with E-state index in [4.69, 9.17) is 0 Å². The summed E-state index contributed by atoms with van der Waals surface area (Å²) in [7, 11) is -3.24. The van der Waals surface area contributed by atoms with Gasteiger partial charge in [-0.05, 0) is 44.1 Å². The predicted molar refractivity (Wildman–Crippen MR) is 84.3 cm³/mol. The molecule has 21 heavy (non-hydrogen) atoms. The Balaban J connectivity index is 1.62. The van der Waals surface area contributed by atoms with Crippen LogP contribution >= 0.6 is 0 Å². The Labute approximate surface area is 129 Å². The van der Waals surface area contributed by atoms with Gasteiger partial charge in [-0.1, -0.05) is 19.3 Å². The summed E-state index contributed by atoms with van der Waals surface area (Å²) >= 11 is 0. The van der Waals surface area contributed by atoms with E-state index in [1.54, 1.807) is 8.61 Å². The molecule has 3 fully saturated rings. The van der Waals surface area contributed by atoms with Crippen molar-refractivity contribution < 1.29 is 8.42 Å². The molecule has 0 aromatic heterocycles. The van der Waals surface area contributed by atoms with Crippen LogP contribution in [0.25, 0.3) is 0 Å². The van der Waals surface area contributed by atoms with Crippen LogP contribution < -0.4 is 5.32 Å². The second-order valence-corrected chi connectivity index (χ2v) is 8.90. The number of hydrogen-bond acceptors (Lipinski definition) is 3. The van der Waals surface area contributed by atoms with E-state index in [1.165, 1.54) is 32.1 Å². The second-order valence-electron chi connectivity index (χ2n) is 6.97. The molecule has 1 spiro atoms. The Morgan fingerprint density at radius 2 is 1.38 bits per heavy atom. The van der Waals surface area contributed by atoms with Crippen LogP contribution in [0.5, 0.6) is 0 Å². The summed E-state index contributed by atoms with van der Waals surface area (Å²) in [6.07, 6.45) is 9.72. The molecule has 0 amide bonds. The molecule has 2 heterocycles. The molecule has 0 aromatic rings.